The number of carbonyl (C=O) groups excluding carboxylic acids is 1. The summed E-state index contributed by atoms with van der Waals surface area (Å²) in [5.41, 5.74) is 4.52. The largest absolute Gasteiger partial charge is 0.426 e. The monoisotopic (exact) mass is 258 g/mol. The summed E-state index contributed by atoms with van der Waals surface area (Å²) in [6.07, 6.45) is 0.472. The Morgan fingerprint density at radius 1 is 1.39 bits per heavy atom. The van der Waals surface area contributed by atoms with Gasteiger partial charge in [0.2, 0.25) is 0 Å². The molecule has 0 aliphatic carbocycles. The first-order valence-electron chi connectivity index (χ1n) is 6.03. The van der Waals surface area contributed by atoms with Crippen molar-refractivity contribution in [3.05, 3.63) is 40.1 Å². The van der Waals surface area contributed by atoms with Crippen molar-refractivity contribution in [2.45, 2.75) is 26.2 Å². The van der Waals surface area contributed by atoms with E-state index < -0.39 is 0 Å². The molecule has 1 aliphatic rings. The highest BCUT2D eigenvalue weighted by molar-refractivity contribution is 7.08. The van der Waals surface area contributed by atoms with Crippen LogP contribution < -0.4 is 4.74 Å². The summed E-state index contributed by atoms with van der Waals surface area (Å²) >= 11 is 1.65. The normalized spacial score (nSPS) is 18.3. The van der Waals surface area contributed by atoms with Gasteiger partial charge in [0.25, 0.3) is 0 Å². The van der Waals surface area contributed by atoms with E-state index in [2.05, 4.69) is 37.4 Å². The number of benzene rings is 1. The van der Waals surface area contributed by atoms with Crippen LogP contribution in [0.3, 0.4) is 0 Å². The van der Waals surface area contributed by atoms with Crippen molar-refractivity contribution >= 4 is 17.3 Å². The van der Waals surface area contributed by atoms with E-state index in [4.69, 9.17) is 4.74 Å². The molecule has 1 unspecified atom stereocenters. The second kappa shape index (κ2) is 4.25. The highest BCUT2D eigenvalue weighted by Crippen LogP contribution is 2.42. The van der Waals surface area contributed by atoms with Crippen molar-refractivity contribution in [1.29, 1.82) is 0 Å². The Bertz CT molecular complexity index is 599. The predicted molar refractivity (Wildman–Crippen MR) is 73.2 cm³/mol. The molecule has 92 valence electrons. The maximum atomic E-state index is 11.6. The summed E-state index contributed by atoms with van der Waals surface area (Å²) in [6, 6.07) is 6.28. The Morgan fingerprint density at radius 2 is 2.22 bits per heavy atom. The first kappa shape index (κ1) is 11.5. The lowest BCUT2D eigenvalue weighted by atomic mass is 9.89. The van der Waals surface area contributed by atoms with E-state index in [-0.39, 0.29) is 11.9 Å². The summed E-state index contributed by atoms with van der Waals surface area (Å²) < 4.78 is 5.48. The summed E-state index contributed by atoms with van der Waals surface area (Å²) in [4.78, 5) is 11.6. The molecule has 1 aromatic heterocycles. The van der Waals surface area contributed by atoms with Crippen molar-refractivity contribution in [3.63, 3.8) is 0 Å². The minimum atomic E-state index is -0.129. The van der Waals surface area contributed by atoms with Crippen molar-refractivity contribution in [2.75, 3.05) is 0 Å². The van der Waals surface area contributed by atoms with E-state index in [9.17, 15) is 4.79 Å². The molecule has 0 bridgehead atoms. The molecular formula is C15H14O2S. The second-order valence-corrected chi connectivity index (χ2v) is 5.60. The molecule has 1 atom stereocenters. The van der Waals surface area contributed by atoms with Crippen LogP contribution in [0.15, 0.2) is 29.0 Å². The predicted octanol–water partition coefficient (Wildman–Crippen LogP) is 4.14. The molecule has 0 amide bonds. The summed E-state index contributed by atoms with van der Waals surface area (Å²) in [5.74, 6) is 0.858. The summed E-state index contributed by atoms with van der Waals surface area (Å²) in [7, 11) is 0. The van der Waals surface area contributed by atoms with Crippen LogP contribution >= 0.6 is 11.3 Å². The molecule has 2 nitrogen and oxygen atoms in total. The number of fused-ring (bicyclic) bond motifs is 1. The average molecular weight is 258 g/mol. The number of hydrogen-bond acceptors (Lipinski definition) is 3. The highest BCUT2D eigenvalue weighted by atomic mass is 32.1. The van der Waals surface area contributed by atoms with Crippen molar-refractivity contribution in [2.24, 2.45) is 0 Å². The molecule has 1 aromatic carbocycles. The second-order valence-electron chi connectivity index (χ2n) is 4.82. The zero-order chi connectivity index (χ0) is 12.7. The first-order valence-corrected chi connectivity index (χ1v) is 6.97. The summed E-state index contributed by atoms with van der Waals surface area (Å²) in [6.45, 7) is 4.16. The van der Waals surface area contributed by atoms with Gasteiger partial charge in [-0.25, -0.2) is 0 Å². The average Bonchev–Trinajstić information content (AvgIpc) is 2.83. The molecule has 0 saturated heterocycles. The van der Waals surface area contributed by atoms with Gasteiger partial charge in [0.05, 0.1) is 6.42 Å². The number of aryl methyl sites for hydroxylation is 1. The standard InChI is InChI=1S/C15H14O2S/c1-9-5-12-10(2)7-14(16)17-15(12)13(6-9)11-3-4-18-8-11/h3-6,8,10H,7H2,1-2H3. The first-order chi connectivity index (χ1) is 8.65. The van der Waals surface area contributed by atoms with Crippen LogP contribution in [0, 0.1) is 6.92 Å². The zero-order valence-electron chi connectivity index (χ0n) is 10.4. The topological polar surface area (TPSA) is 26.3 Å². The fourth-order valence-electron chi connectivity index (χ4n) is 2.43. The smallest absolute Gasteiger partial charge is 0.311 e. The molecule has 0 radical (unpaired) electrons. The van der Waals surface area contributed by atoms with E-state index in [1.165, 1.54) is 5.56 Å². The highest BCUT2D eigenvalue weighted by Gasteiger charge is 2.26. The Balaban J connectivity index is 2.23. The van der Waals surface area contributed by atoms with Crippen molar-refractivity contribution in [3.8, 4) is 16.9 Å². The van der Waals surface area contributed by atoms with Crippen LogP contribution in [-0.4, -0.2) is 5.97 Å². The van der Waals surface area contributed by atoms with E-state index in [1.807, 2.05) is 5.38 Å². The quantitative estimate of drug-likeness (QED) is 0.567. The zero-order valence-corrected chi connectivity index (χ0v) is 11.2. The molecule has 18 heavy (non-hydrogen) atoms. The number of esters is 1. The third-order valence-corrected chi connectivity index (χ3v) is 4.00. The Labute approximate surface area is 110 Å². The van der Waals surface area contributed by atoms with Gasteiger partial charge in [0, 0.05) is 5.56 Å². The number of hydrogen-bond donors (Lipinski definition) is 0. The van der Waals surface area contributed by atoms with Gasteiger partial charge in [-0.3, -0.25) is 4.79 Å². The van der Waals surface area contributed by atoms with Crippen LogP contribution in [0.25, 0.3) is 11.1 Å². The van der Waals surface area contributed by atoms with Gasteiger partial charge in [0.15, 0.2) is 0 Å². The Hall–Kier alpha value is -1.61. The van der Waals surface area contributed by atoms with Crippen molar-refractivity contribution in [1.82, 2.24) is 0 Å². The maximum absolute atomic E-state index is 11.6. The fraction of sp³-hybridized carbons (Fsp3) is 0.267. The third-order valence-electron chi connectivity index (χ3n) is 3.31. The molecule has 0 fully saturated rings. The van der Waals surface area contributed by atoms with Gasteiger partial charge in [-0.15, -0.1) is 0 Å². The molecule has 0 saturated carbocycles. The van der Waals surface area contributed by atoms with E-state index in [0.717, 1.165) is 22.4 Å². The molecule has 3 rings (SSSR count). The number of thiophene rings is 1. The van der Waals surface area contributed by atoms with Gasteiger partial charge in [-0.2, -0.15) is 11.3 Å². The van der Waals surface area contributed by atoms with Gasteiger partial charge in [-0.1, -0.05) is 13.0 Å². The fourth-order valence-corrected chi connectivity index (χ4v) is 3.08. The van der Waals surface area contributed by atoms with E-state index in [0.29, 0.717) is 6.42 Å². The minimum Gasteiger partial charge on any atom is -0.426 e. The lowest BCUT2D eigenvalue weighted by molar-refractivity contribution is -0.135. The number of rotatable bonds is 1. The van der Waals surface area contributed by atoms with Crippen LogP contribution in [-0.2, 0) is 4.79 Å². The van der Waals surface area contributed by atoms with Gasteiger partial charge in [0.1, 0.15) is 5.75 Å². The lowest BCUT2D eigenvalue weighted by Gasteiger charge is -2.24. The SMILES string of the molecule is Cc1cc(-c2ccsc2)c2c(c1)C(C)CC(=O)O2. The maximum Gasteiger partial charge on any atom is 0.311 e. The van der Waals surface area contributed by atoms with E-state index in [1.54, 1.807) is 11.3 Å². The number of ether oxygens (including phenoxy) is 1. The molecule has 0 N–H and O–H groups in total. The van der Waals surface area contributed by atoms with Crippen LogP contribution in [0.5, 0.6) is 5.75 Å². The Kier molecular flexibility index (Phi) is 2.71. The molecule has 2 aromatic rings. The third kappa shape index (κ3) is 1.85. The minimum absolute atomic E-state index is 0.129. The summed E-state index contributed by atoms with van der Waals surface area (Å²) in [5, 5.41) is 4.13. The number of carbonyl (C=O) groups is 1. The molecular weight excluding hydrogens is 244 g/mol. The van der Waals surface area contributed by atoms with E-state index >= 15 is 0 Å². The molecule has 2 heterocycles. The van der Waals surface area contributed by atoms with Crippen LogP contribution in [0.4, 0.5) is 0 Å². The molecule has 3 heteroatoms. The lowest BCUT2D eigenvalue weighted by Crippen LogP contribution is -2.19. The van der Waals surface area contributed by atoms with Gasteiger partial charge < -0.3 is 4.74 Å². The Morgan fingerprint density at radius 3 is 2.94 bits per heavy atom. The molecule has 0 spiro atoms. The van der Waals surface area contributed by atoms with Crippen LogP contribution in [0.1, 0.15) is 30.4 Å². The van der Waals surface area contributed by atoms with Gasteiger partial charge >= 0.3 is 5.97 Å². The van der Waals surface area contributed by atoms with Crippen molar-refractivity contribution < 1.29 is 9.53 Å². The molecule has 1 aliphatic heterocycles. The van der Waals surface area contributed by atoms with Crippen LogP contribution in [0.2, 0.25) is 0 Å². The van der Waals surface area contributed by atoms with Gasteiger partial charge in [-0.05, 0) is 52.4 Å².